The third-order valence-corrected chi connectivity index (χ3v) is 5.26. The average molecular weight is 348 g/mol. The Hall–Kier alpha value is -1.96. The molecular formula is C16H24N6OS. The molecule has 0 bridgehead atoms. The van der Waals surface area contributed by atoms with Gasteiger partial charge in [0.25, 0.3) is 0 Å². The number of hydrogen-bond acceptors (Lipinski definition) is 5. The van der Waals surface area contributed by atoms with Crippen molar-refractivity contribution in [3.63, 3.8) is 0 Å². The van der Waals surface area contributed by atoms with Crippen LogP contribution in [0.1, 0.15) is 53.0 Å². The van der Waals surface area contributed by atoms with Gasteiger partial charge in [-0.3, -0.25) is 0 Å². The first-order valence-corrected chi connectivity index (χ1v) is 9.29. The van der Waals surface area contributed by atoms with Crippen LogP contribution in [-0.4, -0.2) is 32.3 Å². The number of aromatic nitrogens is 4. The molecule has 3 heterocycles. The van der Waals surface area contributed by atoms with E-state index in [-0.39, 0.29) is 12.1 Å². The van der Waals surface area contributed by atoms with Crippen LogP contribution >= 0.6 is 11.3 Å². The third-order valence-electron chi connectivity index (χ3n) is 4.18. The van der Waals surface area contributed by atoms with Gasteiger partial charge in [0.1, 0.15) is 11.6 Å². The number of thiazole rings is 1. The largest absolute Gasteiger partial charge is 0.338 e. The Bertz CT molecular complexity index is 722. The molecule has 0 aliphatic carbocycles. The lowest BCUT2D eigenvalue weighted by Gasteiger charge is -2.23. The van der Waals surface area contributed by atoms with Crippen molar-refractivity contribution in [2.45, 2.75) is 59.0 Å². The molecule has 0 saturated heterocycles. The highest BCUT2D eigenvalue weighted by molar-refractivity contribution is 7.11. The normalized spacial score (nSPS) is 16.7. The molecule has 0 fully saturated rings. The number of nitrogens with zero attached hydrogens (tertiary/aromatic N) is 4. The summed E-state index contributed by atoms with van der Waals surface area (Å²) in [7, 11) is 0. The smallest absolute Gasteiger partial charge is 0.315 e. The van der Waals surface area contributed by atoms with Crippen LogP contribution < -0.4 is 10.6 Å². The molecule has 8 heteroatoms. The number of urea groups is 1. The van der Waals surface area contributed by atoms with Crippen molar-refractivity contribution in [2.24, 2.45) is 0 Å². The van der Waals surface area contributed by atoms with Gasteiger partial charge >= 0.3 is 6.03 Å². The molecule has 1 atom stereocenters. The van der Waals surface area contributed by atoms with Gasteiger partial charge in [0.15, 0.2) is 0 Å². The molecule has 0 unspecified atom stereocenters. The fraction of sp³-hybridized carbons (Fsp3) is 0.625. The number of fused-ring (bicyclic) bond motifs is 1. The van der Waals surface area contributed by atoms with Crippen LogP contribution in [0.2, 0.25) is 0 Å². The molecular weight excluding hydrogens is 324 g/mol. The molecule has 130 valence electrons. The van der Waals surface area contributed by atoms with E-state index in [4.69, 9.17) is 0 Å². The molecule has 0 saturated carbocycles. The minimum Gasteiger partial charge on any atom is -0.338 e. The van der Waals surface area contributed by atoms with Gasteiger partial charge in [-0.05, 0) is 33.1 Å². The number of carbonyl (C=O) groups is 1. The van der Waals surface area contributed by atoms with E-state index in [1.54, 1.807) is 11.3 Å². The summed E-state index contributed by atoms with van der Waals surface area (Å²) in [5, 5.41) is 11.4. The van der Waals surface area contributed by atoms with Crippen molar-refractivity contribution in [1.82, 2.24) is 30.4 Å². The first kappa shape index (κ1) is 16.9. The second kappa shape index (κ2) is 7.29. The zero-order valence-corrected chi connectivity index (χ0v) is 15.2. The van der Waals surface area contributed by atoms with Gasteiger partial charge in [0.2, 0.25) is 0 Å². The number of carbonyl (C=O) groups excluding carboxylic acids is 1. The highest BCUT2D eigenvalue weighted by Crippen LogP contribution is 2.22. The highest BCUT2D eigenvalue weighted by Gasteiger charge is 2.24. The quantitative estimate of drug-likeness (QED) is 0.868. The lowest BCUT2D eigenvalue weighted by Crippen LogP contribution is -2.40. The molecule has 7 nitrogen and oxygen atoms in total. The molecule has 24 heavy (non-hydrogen) atoms. The van der Waals surface area contributed by atoms with Crippen LogP contribution in [0.5, 0.6) is 0 Å². The molecule has 1 aliphatic rings. The molecule has 3 rings (SSSR count). The van der Waals surface area contributed by atoms with Crippen molar-refractivity contribution in [3.05, 3.63) is 27.2 Å². The maximum atomic E-state index is 12.1. The fourth-order valence-electron chi connectivity index (χ4n) is 3.02. The van der Waals surface area contributed by atoms with Gasteiger partial charge in [-0.25, -0.2) is 19.4 Å². The van der Waals surface area contributed by atoms with Gasteiger partial charge in [-0.15, -0.1) is 11.3 Å². The van der Waals surface area contributed by atoms with Crippen LogP contribution in [0, 0.1) is 13.8 Å². The van der Waals surface area contributed by atoms with E-state index in [0.29, 0.717) is 6.54 Å². The summed E-state index contributed by atoms with van der Waals surface area (Å²) < 4.78 is 1.90. The molecule has 0 radical (unpaired) electrons. The second-order valence-electron chi connectivity index (χ2n) is 6.05. The maximum Gasteiger partial charge on any atom is 0.315 e. The van der Waals surface area contributed by atoms with Gasteiger partial charge in [-0.2, -0.15) is 5.10 Å². The monoisotopic (exact) mass is 348 g/mol. The average Bonchev–Trinajstić information content (AvgIpc) is 3.09. The number of rotatable bonds is 5. The van der Waals surface area contributed by atoms with Crippen molar-refractivity contribution >= 4 is 17.4 Å². The molecule has 0 aromatic carbocycles. The number of nitrogens with one attached hydrogen (secondary N) is 2. The maximum absolute atomic E-state index is 12.1. The van der Waals surface area contributed by atoms with Gasteiger partial charge in [0, 0.05) is 24.4 Å². The summed E-state index contributed by atoms with van der Waals surface area (Å²) in [6, 6.07) is -0.216. The third kappa shape index (κ3) is 3.75. The van der Waals surface area contributed by atoms with E-state index in [9.17, 15) is 4.79 Å². The molecule has 1 aliphatic heterocycles. The highest BCUT2D eigenvalue weighted by atomic mass is 32.1. The van der Waals surface area contributed by atoms with Gasteiger partial charge in [-0.1, -0.05) is 6.92 Å². The summed E-state index contributed by atoms with van der Waals surface area (Å²) in [6.07, 6.45) is 3.62. The molecule has 2 amide bonds. The van der Waals surface area contributed by atoms with Crippen molar-refractivity contribution < 1.29 is 4.79 Å². The predicted octanol–water partition coefficient (Wildman–Crippen LogP) is 2.29. The first-order chi connectivity index (χ1) is 11.6. The lowest BCUT2D eigenvalue weighted by atomic mass is 10.1. The van der Waals surface area contributed by atoms with Crippen LogP contribution in [0.15, 0.2) is 0 Å². The van der Waals surface area contributed by atoms with Gasteiger partial charge < -0.3 is 10.6 Å². The van der Waals surface area contributed by atoms with E-state index in [1.807, 2.05) is 11.6 Å². The zero-order chi connectivity index (χ0) is 17.1. The van der Waals surface area contributed by atoms with Crippen molar-refractivity contribution in [2.75, 3.05) is 6.54 Å². The minimum absolute atomic E-state index is 0.0613. The van der Waals surface area contributed by atoms with Crippen LogP contribution in [0.3, 0.4) is 0 Å². The number of hydrogen-bond donors (Lipinski definition) is 2. The summed E-state index contributed by atoms with van der Waals surface area (Å²) in [5.74, 6) is 1.61. The Morgan fingerprint density at radius 1 is 1.38 bits per heavy atom. The number of aryl methyl sites for hydroxylation is 4. The predicted molar refractivity (Wildman–Crippen MR) is 93.2 cm³/mol. The Kier molecular flexibility index (Phi) is 5.13. The second-order valence-corrected chi connectivity index (χ2v) is 7.34. The van der Waals surface area contributed by atoms with Gasteiger partial charge in [0.05, 0.1) is 16.7 Å². The molecule has 2 N–H and O–H groups in total. The summed E-state index contributed by atoms with van der Waals surface area (Å²) in [4.78, 5) is 22.5. The summed E-state index contributed by atoms with van der Waals surface area (Å²) in [6.45, 7) is 7.55. The Labute approximate surface area is 145 Å². The summed E-state index contributed by atoms with van der Waals surface area (Å²) in [5.41, 5.74) is 1.16. The van der Waals surface area contributed by atoms with E-state index >= 15 is 0 Å². The van der Waals surface area contributed by atoms with E-state index in [2.05, 4.69) is 39.5 Å². The van der Waals surface area contributed by atoms with Crippen molar-refractivity contribution in [1.29, 1.82) is 0 Å². The minimum atomic E-state index is -0.155. The molecule has 2 aromatic heterocycles. The molecule has 2 aromatic rings. The standard InChI is InChI=1S/C16H24N6OS/c1-4-12-10(2)24-14(19-12)7-8-17-16(23)20-13-6-5-9-22-15(13)18-11(3)21-22/h13H,4-9H2,1-3H3,(H2,17,20,23)/t13-/m0/s1. The topological polar surface area (TPSA) is 84.7 Å². The van der Waals surface area contributed by atoms with Crippen LogP contribution in [0.4, 0.5) is 4.79 Å². The first-order valence-electron chi connectivity index (χ1n) is 8.47. The van der Waals surface area contributed by atoms with Crippen LogP contribution in [0.25, 0.3) is 0 Å². The zero-order valence-electron chi connectivity index (χ0n) is 14.4. The van der Waals surface area contributed by atoms with E-state index < -0.39 is 0 Å². The Morgan fingerprint density at radius 3 is 2.96 bits per heavy atom. The van der Waals surface area contributed by atoms with Crippen molar-refractivity contribution in [3.8, 4) is 0 Å². The Balaban J connectivity index is 1.49. The Morgan fingerprint density at radius 2 is 2.21 bits per heavy atom. The SMILES string of the molecule is CCc1nc(CCNC(=O)N[C@H]2CCCn3nc(C)nc32)sc1C. The van der Waals surface area contributed by atoms with E-state index in [0.717, 1.165) is 54.6 Å². The molecule has 0 spiro atoms. The van der Waals surface area contributed by atoms with Crippen LogP contribution in [-0.2, 0) is 19.4 Å². The number of amides is 2. The lowest BCUT2D eigenvalue weighted by molar-refractivity contribution is 0.233. The van der Waals surface area contributed by atoms with E-state index in [1.165, 1.54) is 4.88 Å². The fourth-order valence-corrected chi connectivity index (χ4v) is 4.04. The summed E-state index contributed by atoms with van der Waals surface area (Å²) >= 11 is 1.72.